The minimum absolute atomic E-state index is 0.0470. The normalized spacial score (nSPS) is 14.4. The average molecular weight is 417 g/mol. The van der Waals surface area contributed by atoms with Gasteiger partial charge in [0.05, 0.1) is 25.3 Å². The summed E-state index contributed by atoms with van der Waals surface area (Å²) in [6.45, 7) is 6.63. The van der Waals surface area contributed by atoms with E-state index in [-0.39, 0.29) is 12.5 Å². The molecular weight excluding hydrogens is 384 g/mol. The van der Waals surface area contributed by atoms with Gasteiger partial charge in [0.1, 0.15) is 12.3 Å². The standard InChI is InChI=1S/C22H32N4O4/c1-17-6-5-7-18(14-17)21-19(22(30-23-21)25-10-12-29-13-11-25)15-26(9-8-24(2)3)20(27)16-28-4/h5-7,14H,8-13,15-16H2,1-4H3. The number of aryl methyl sites for hydroxylation is 1. The van der Waals surface area contributed by atoms with E-state index in [4.69, 9.17) is 14.0 Å². The number of amides is 1. The highest BCUT2D eigenvalue weighted by Gasteiger charge is 2.27. The molecule has 0 unspecified atom stereocenters. The molecule has 0 aliphatic carbocycles. The maximum atomic E-state index is 12.8. The number of aromatic nitrogens is 1. The first-order valence-electron chi connectivity index (χ1n) is 10.3. The average Bonchev–Trinajstić information content (AvgIpc) is 3.15. The van der Waals surface area contributed by atoms with Crippen LogP contribution in [-0.2, 0) is 20.8 Å². The second-order valence-electron chi connectivity index (χ2n) is 7.84. The van der Waals surface area contributed by atoms with Crippen molar-refractivity contribution >= 4 is 11.8 Å². The van der Waals surface area contributed by atoms with E-state index in [2.05, 4.69) is 34.0 Å². The molecule has 1 amide bonds. The lowest BCUT2D eigenvalue weighted by atomic mass is 10.0. The summed E-state index contributed by atoms with van der Waals surface area (Å²) in [5, 5.41) is 4.42. The maximum absolute atomic E-state index is 12.8. The van der Waals surface area contributed by atoms with E-state index in [9.17, 15) is 4.79 Å². The molecule has 8 heteroatoms. The molecule has 0 saturated carbocycles. The second kappa shape index (κ2) is 10.6. The fourth-order valence-corrected chi connectivity index (χ4v) is 3.50. The van der Waals surface area contributed by atoms with E-state index in [1.165, 1.54) is 0 Å². The first kappa shape index (κ1) is 22.3. The van der Waals surface area contributed by atoms with Crippen molar-refractivity contribution in [3.63, 3.8) is 0 Å². The van der Waals surface area contributed by atoms with Gasteiger partial charge in [0.25, 0.3) is 0 Å². The molecule has 0 N–H and O–H groups in total. The molecule has 1 fully saturated rings. The summed E-state index contributed by atoms with van der Waals surface area (Å²) in [5.74, 6) is 0.665. The zero-order valence-corrected chi connectivity index (χ0v) is 18.4. The third kappa shape index (κ3) is 5.59. The number of likely N-dealkylation sites (N-methyl/N-ethyl adjacent to an activating group) is 1. The third-order valence-corrected chi connectivity index (χ3v) is 5.14. The van der Waals surface area contributed by atoms with Crippen LogP contribution in [0.4, 0.5) is 5.88 Å². The summed E-state index contributed by atoms with van der Waals surface area (Å²) in [7, 11) is 5.53. The molecule has 0 atom stereocenters. The number of benzene rings is 1. The summed E-state index contributed by atoms with van der Waals surface area (Å²) >= 11 is 0. The number of anilines is 1. The van der Waals surface area contributed by atoms with Gasteiger partial charge in [-0.25, -0.2) is 0 Å². The van der Waals surface area contributed by atoms with Gasteiger partial charge >= 0.3 is 0 Å². The van der Waals surface area contributed by atoms with Crippen molar-refractivity contribution in [1.29, 1.82) is 0 Å². The van der Waals surface area contributed by atoms with Crippen LogP contribution in [0.5, 0.6) is 0 Å². The van der Waals surface area contributed by atoms with Gasteiger partial charge in [0, 0.05) is 38.9 Å². The zero-order chi connectivity index (χ0) is 21.5. The number of ether oxygens (including phenoxy) is 2. The van der Waals surface area contributed by atoms with Gasteiger partial charge in [0.2, 0.25) is 11.8 Å². The Labute approximate surface area is 178 Å². The Morgan fingerprint density at radius 3 is 2.67 bits per heavy atom. The second-order valence-corrected chi connectivity index (χ2v) is 7.84. The van der Waals surface area contributed by atoms with E-state index in [1.807, 2.05) is 31.1 Å². The summed E-state index contributed by atoms with van der Waals surface area (Å²) in [5.41, 5.74) is 3.83. The number of hydrogen-bond donors (Lipinski definition) is 0. The SMILES string of the molecule is COCC(=O)N(CCN(C)C)Cc1c(-c2cccc(C)c2)noc1N1CCOCC1. The molecule has 0 radical (unpaired) electrons. The van der Waals surface area contributed by atoms with Crippen LogP contribution in [0, 0.1) is 6.92 Å². The third-order valence-electron chi connectivity index (χ3n) is 5.14. The highest BCUT2D eigenvalue weighted by Crippen LogP contribution is 2.33. The molecule has 1 aliphatic heterocycles. The first-order valence-corrected chi connectivity index (χ1v) is 10.3. The predicted octanol–water partition coefficient (Wildman–Crippen LogP) is 2.02. The van der Waals surface area contributed by atoms with Crippen molar-refractivity contribution in [3.05, 3.63) is 35.4 Å². The monoisotopic (exact) mass is 416 g/mol. The number of nitrogens with zero attached hydrogens (tertiary/aromatic N) is 4. The van der Waals surface area contributed by atoms with Gasteiger partial charge in [-0.1, -0.05) is 28.9 Å². The van der Waals surface area contributed by atoms with Crippen LogP contribution in [-0.4, -0.2) is 88.1 Å². The van der Waals surface area contributed by atoms with E-state index < -0.39 is 0 Å². The molecular formula is C22H32N4O4. The Morgan fingerprint density at radius 2 is 2.00 bits per heavy atom. The minimum Gasteiger partial charge on any atom is -0.378 e. The molecule has 1 aromatic carbocycles. The van der Waals surface area contributed by atoms with Crippen molar-refractivity contribution in [1.82, 2.24) is 15.0 Å². The highest BCUT2D eigenvalue weighted by molar-refractivity contribution is 5.78. The minimum atomic E-state index is -0.0522. The van der Waals surface area contributed by atoms with Gasteiger partial charge < -0.3 is 28.7 Å². The van der Waals surface area contributed by atoms with Crippen molar-refractivity contribution in [2.75, 3.05) is 72.1 Å². The van der Waals surface area contributed by atoms with Gasteiger partial charge in [-0.2, -0.15) is 0 Å². The molecule has 1 saturated heterocycles. The Morgan fingerprint density at radius 1 is 1.23 bits per heavy atom. The van der Waals surface area contributed by atoms with Crippen LogP contribution in [0.15, 0.2) is 28.8 Å². The van der Waals surface area contributed by atoms with Crippen LogP contribution in [0.3, 0.4) is 0 Å². The predicted molar refractivity (Wildman–Crippen MR) is 116 cm³/mol. The number of rotatable bonds is 9. The molecule has 3 rings (SSSR count). The summed E-state index contributed by atoms with van der Waals surface area (Å²) < 4.78 is 16.4. The highest BCUT2D eigenvalue weighted by atomic mass is 16.5. The van der Waals surface area contributed by atoms with Crippen LogP contribution in [0.2, 0.25) is 0 Å². The van der Waals surface area contributed by atoms with Crippen LogP contribution >= 0.6 is 0 Å². The largest absolute Gasteiger partial charge is 0.378 e. The molecule has 0 bridgehead atoms. The zero-order valence-electron chi connectivity index (χ0n) is 18.4. The lowest BCUT2D eigenvalue weighted by Crippen LogP contribution is -2.39. The molecule has 2 aromatic rings. The van der Waals surface area contributed by atoms with Crippen LogP contribution in [0.25, 0.3) is 11.3 Å². The Balaban J connectivity index is 1.97. The maximum Gasteiger partial charge on any atom is 0.248 e. The van der Waals surface area contributed by atoms with E-state index >= 15 is 0 Å². The number of morpholine rings is 1. The topological polar surface area (TPSA) is 71.3 Å². The first-order chi connectivity index (χ1) is 14.5. The molecule has 1 aliphatic rings. The molecule has 2 heterocycles. The van der Waals surface area contributed by atoms with Crippen molar-refractivity contribution in [2.45, 2.75) is 13.5 Å². The molecule has 1 aromatic heterocycles. The van der Waals surface area contributed by atoms with E-state index in [1.54, 1.807) is 7.11 Å². The van der Waals surface area contributed by atoms with Gasteiger partial charge in [-0.15, -0.1) is 0 Å². The fourth-order valence-electron chi connectivity index (χ4n) is 3.50. The lowest BCUT2D eigenvalue weighted by molar-refractivity contribution is -0.135. The van der Waals surface area contributed by atoms with Gasteiger partial charge in [0.15, 0.2) is 0 Å². The quantitative estimate of drug-likeness (QED) is 0.619. The Hall–Kier alpha value is -2.42. The van der Waals surface area contributed by atoms with Gasteiger partial charge in [-0.05, 0) is 27.1 Å². The lowest BCUT2D eigenvalue weighted by Gasteiger charge is -2.29. The van der Waals surface area contributed by atoms with E-state index in [0.29, 0.717) is 26.3 Å². The van der Waals surface area contributed by atoms with Crippen molar-refractivity contribution in [3.8, 4) is 11.3 Å². The molecule has 30 heavy (non-hydrogen) atoms. The molecule has 8 nitrogen and oxygen atoms in total. The Bertz CT molecular complexity index is 830. The van der Waals surface area contributed by atoms with Crippen LogP contribution < -0.4 is 4.90 Å². The molecule has 164 valence electrons. The summed E-state index contributed by atoms with van der Waals surface area (Å²) in [6.07, 6.45) is 0. The van der Waals surface area contributed by atoms with Crippen molar-refractivity contribution in [2.24, 2.45) is 0 Å². The molecule has 0 spiro atoms. The Kier molecular flexibility index (Phi) is 7.84. The fraction of sp³-hybridized carbons (Fsp3) is 0.545. The number of carbonyl (C=O) groups excluding carboxylic acids is 1. The van der Waals surface area contributed by atoms with Crippen molar-refractivity contribution < 1.29 is 18.8 Å². The van der Waals surface area contributed by atoms with Crippen LogP contribution in [0.1, 0.15) is 11.1 Å². The summed E-state index contributed by atoms with van der Waals surface area (Å²) in [4.78, 5) is 18.8. The smallest absolute Gasteiger partial charge is 0.248 e. The van der Waals surface area contributed by atoms with E-state index in [0.717, 1.165) is 47.9 Å². The number of carbonyl (C=O) groups is 1. The number of methoxy groups -OCH3 is 1. The van der Waals surface area contributed by atoms with Gasteiger partial charge in [-0.3, -0.25) is 4.79 Å². The summed E-state index contributed by atoms with van der Waals surface area (Å²) in [6, 6.07) is 8.18. The number of hydrogen-bond acceptors (Lipinski definition) is 7.